The molecule has 0 amide bonds. The summed E-state index contributed by atoms with van der Waals surface area (Å²) in [6.45, 7) is 3.15. The lowest BCUT2D eigenvalue weighted by Crippen LogP contribution is -2.36. The van der Waals surface area contributed by atoms with Gasteiger partial charge in [-0.25, -0.2) is 8.78 Å². The van der Waals surface area contributed by atoms with Gasteiger partial charge in [-0.1, -0.05) is 11.2 Å². The number of rotatable bonds is 6. The molecular weight excluding hydrogens is 364 g/mol. The number of benzene rings is 1. The zero-order valence-electron chi connectivity index (χ0n) is 16.2. The molecule has 1 saturated carbocycles. The first kappa shape index (κ1) is 19.3. The molecule has 0 bridgehead atoms. The minimum atomic E-state index is -2.29. The van der Waals surface area contributed by atoms with E-state index in [9.17, 15) is 8.78 Å². The van der Waals surface area contributed by atoms with Crippen molar-refractivity contribution in [3.63, 3.8) is 0 Å². The summed E-state index contributed by atoms with van der Waals surface area (Å²) in [4.78, 5) is 6.43. The summed E-state index contributed by atoms with van der Waals surface area (Å²) in [7, 11) is 0. The van der Waals surface area contributed by atoms with Gasteiger partial charge in [0.25, 0.3) is 6.43 Å². The smallest absolute Gasteiger partial charge is 0.251 e. The maximum atomic E-state index is 12.5. The van der Waals surface area contributed by atoms with Crippen LogP contribution in [0.1, 0.15) is 55.9 Å². The highest BCUT2D eigenvalue weighted by atomic mass is 19.3. The summed E-state index contributed by atoms with van der Waals surface area (Å²) in [5, 5.41) is 4.19. The highest BCUT2D eigenvalue weighted by molar-refractivity contribution is 5.64. The third-order valence-corrected chi connectivity index (χ3v) is 5.75. The number of halogens is 2. The monoisotopic (exact) mass is 391 g/mol. The Morgan fingerprint density at radius 3 is 2.64 bits per heavy atom. The van der Waals surface area contributed by atoms with Gasteiger partial charge in [0.2, 0.25) is 11.7 Å². The lowest BCUT2D eigenvalue weighted by Gasteiger charge is -2.29. The summed E-state index contributed by atoms with van der Waals surface area (Å²) < 4.78 is 36.9. The predicted octanol–water partition coefficient (Wildman–Crippen LogP) is 4.81. The number of hydrogen-bond donors (Lipinski definition) is 0. The first-order valence-electron chi connectivity index (χ1n) is 10.2. The normalized spacial score (nSPS) is 19.6. The van der Waals surface area contributed by atoms with Crippen LogP contribution >= 0.6 is 0 Å². The third kappa shape index (κ3) is 4.51. The highest BCUT2D eigenvalue weighted by Crippen LogP contribution is 2.34. The SMILES string of the molecule is Cc1ccc(-c2noc(C3CCN(CC(F)F)CC3)n2)c(OC2CCCC2)c1. The largest absolute Gasteiger partial charge is 0.490 e. The Labute approximate surface area is 164 Å². The van der Waals surface area contributed by atoms with Crippen LogP contribution in [0.3, 0.4) is 0 Å². The van der Waals surface area contributed by atoms with E-state index >= 15 is 0 Å². The van der Waals surface area contributed by atoms with Gasteiger partial charge in [-0.2, -0.15) is 4.98 Å². The van der Waals surface area contributed by atoms with Gasteiger partial charge in [0.05, 0.1) is 18.2 Å². The molecule has 1 aromatic carbocycles. The van der Waals surface area contributed by atoms with Crippen LogP contribution in [0.15, 0.2) is 22.7 Å². The topological polar surface area (TPSA) is 51.4 Å². The van der Waals surface area contributed by atoms with Gasteiger partial charge in [-0.15, -0.1) is 0 Å². The molecule has 5 nitrogen and oxygen atoms in total. The van der Waals surface area contributed by atoms with Crippen LogP contribution in [0.5, 0.6) is 5.75 Å². The first-order chi connectivity index (χ1) is 13.6. The summed E-state index contributed by atoms with van der Waals surface area (Å²) >= 11 is 0. The van der Waals surface area contributed by atoms with Gasteiger partial charge in [-0.3, -0.25) is 4.90 Å². The Kier molecular flexibility index (Phi) is 5.90. The van der Waals surface area contributed by atoms with E-state index in [-0.39, 0.29) is 18.6 Å². The molecule has 152 valence electrons. The van der Waals surface area contributed by atoms with E-state index in [0.717, 1.165) is 42.6 Å². The summed E-state index contributed by atoms with van der Waals surface area (Å²) in [5.41, 5.74) is 1.98. The van der Waals surface area contributed by atoms with E-state index in [4.69, 9.17) is 9.26 Å². The van der Waals surface area contributed by atoms with Crippen LogP contribution in [0.25, 0.3) is 11.4 Å². The quantitative estimate of drug-likeness (QED) is 0.707. The Morgan fingerprint density at radius 2 is 1.93 bits per heavy atom. The molecule has 1 aliphatic carbocycles. The van der Waals surface area contributed by atoms with E-state index in [0.29, 0.717) is 24.8 Å². The molecule has 1 aliphatic heterocycles. The zero-order valence-corrected chi connectivity index (χ0v) is 16.2. The Bertz CT molecular complexity index is 782. The van der Waals surface area contributed by atoms with Crippen molar-refractivity contribution in [2.45, 2.75) is 63.9 Å². The van der Waals surface area contributed by atoms with E-state index < -0.39 is 6.43 Å². The zero-order chi connectivity index (χ0) is 19.5. The predicted molar refractivity (Wildman–Crippen MR) is 102 cm³/mol. The van der Waals surface area contributed by atoms with Gasteiger partial charge in [0, 0.05) is 5.92 Å². The minimum absolute atomic E-state index is 0.125. The molecule has 2 aromatic rings. The lowest BCUT2D eigenvalue weighted by atomic mass is 9.97. The van der Waals surface area contributed by atoms with Crippen LogP contribution in [0.4, 0.5) is 8.78 Å². The molecule has 2 fully saturated rings. The molecule has 28 heavy (non-hydrogen) atoms. The number of nitrogens with zero attached hydrogens (tertiary/aromatic N) is 3. The number of alkyl halides is 2. The van der Waals surface area contributed by atoms with Crippen LogP contribution < -0.4 is 4.74 Å². The Morgan fingerprint density at radius 1 is 1.18 bits per heavy atom. The second-order valence-electron chi connectivity index (χ2n) is 7.95. The average molecular weight is 391 g/mol. The average Bonchev–Trinajstić information content (AvgIpc) is 3.34. The molecule has 0 radical (unpaired) electrons. The van der Waals surface area contributed by atoms with Gasteiger partial charge in [0.15, 0.2) is 0 Å². The molecule has 7 heteroatoms. The maximum absolute atomic E-state index is 12.5. The highest BCUT2D eigenvalue weighted by Gasteiger charge is 2.27. The molecule has 1 saturated heterocycles. The number of aryl methyl sites for hydroxylation is 1. The molecule has 0 atom stereocenters. The van der Waals surface area contributed by atoms with Crippen molar-refractivity contribution in [1.29, 1.82) is 0 Å². The summed E-state index contributed by atoms with van der Waals surface area (Å²) in [5.74, 6) is 2.07. The number of likely N-dealkylation sites (tertiary alicyclic amines) is 1. The molecule has 1 aromatic heterocycles. The van der Waals surface area contributed by atoms with Crippen molar-refractivity contribution in [2.75, 3.05) is 19.6 Å². The van der Waals surface area contributed by atoms with Gasteiger partial charge < -0.3 is 9.26 Å². The van der Waals surface area contributed by atoms with Crippen LogP contribution in [-0.4, -0.2) is 47.2 Å². The molecule has 0 unspecified atom stereocenters. The molecule has 0 spiro atoms. The van der Waals surface area contributed by atoms with Crippen molar-refractivity contribution in [2.24, 2.45) is 0 Å². The van der Waals surface area contributed by atoms with Crippen molar-refractivity contribution in [3.05, 3.63) is 29.7 Å². The summed E-state index contributed by atoms with van der Waals surface area (Å²) in [6, 6.07) is 6.04. The molecule has 4 rings (SSSR count). The Balaban J connectivity index is 1.47. The van der Waals surface area contributed by atoms with Crippen LogP contribution in [-0.2, 0) is 0 Å². The fraction of sp³-hybridized carbons (Fsp3) is 0.619. The maximum Gasteiger partial charge on any atom is 0.251 e. The fourth-order valence-corrected chi connectivity index (χ4v) is 4.17. The van der Waals surface area contributed by atoms with Crippen molar-refractivity contribution >= 4 is 0 Å². The molecule has 2 heterocycles. The molecule has 2 aliphatic rings. The molecular formula is C21H27F2N3O2. The number of piperidine rings is 1. The van der Waals surface area contributed by atoms with Crippen molar-refractivity contribution in [3.8, 4) is 17.1 Å². The third-order valence-electron chi connectivity index (χ3n) is 5.75. The lowest BCUT2D eigenvalue weighted by molar-refractivity contribution is 0.0731. The number of aromatic nitrogens is 2. The van der Waals surface area contributed by atoms with E-state index in [1.165, 1.54) is 12.8 Å². The van der Waals surface area contributed by atoms with E-state index in [1.54, 1.807) is 4.90 Å². The van der Waals surface area contributed by atoms with Crippen LogP contribution in [0.2, 0.25) is 0 Å². The number of ether oxygens (including phenoxy) is 1. The second kappa shape index (κ2) is 8.55. The Hall–Kier alpha value is -2.02. The van der Waals surface area contributed by atoms with Gasteiger partial charge in [-0.05, 0) is 76.2 Å². The van der Waals surface area contributed by atoms with Gasteiger partial charge in [0.1, 0.15) is 5.75 Å². The summed E-state index contributed by atoms with van der Waals surface area (Å²) in [6.07, 6.45) is 4.08. The minimum Gasteiger partial charge on any atom is -0.490 e. The number of hydrogen-bond acceptors (Lipinski definition) is 5. The van der Waals surface area contributed by atoms with E-state index in [2.05, 4.69) is 10.1 Å². The van der Waals surface area contributed by atoms with Crippen molar-refractivity contribution in [1.82, 2.24) is 15.0 Å². The standard InChI is InChI=1S/C21H27F2N3O2/c1-14-6-7-17(18(12-14)27-16-4-2-3-5-16)20-24-21(28-25-20)15-8-10-26(11-9-15)13-19(22)23/h6-7,12,15-16,19H,2-5,8-11,13H2,1H3. The second-order valence-corrected chi connectivity index (χ2v) is 7.95. The van der Waals surface area contributed by atoms with Crippen LogP contribution in [0, 0.1) is 6.92 Å². The fourth-order valence-electron chi connectivity index (χ4n) is 4.17. The molecule has 0 N–H and O–H groups in total. The van der Waals surface area contributed by atoms with E-state index in [1.807, 2.05) is 25.1 Å². The van der Waals surface area contributed by atoms with Crippen molar-refractivity contribution < 1.29 is 18.0 Å². The van der Waals surface area contributed by atoms with Gasteiger partial charge >= 0.3 is 0 Å². The first-order valence-corrected chi connectivity index (χ1v) is 10.2.